The lowest BCUT2D eigenvalue weighted by molar-refractivity contribution is -0.108. The standard InChI is InChI=1S/C9H7Br2FO/c10-4-6(5-13)8-2-1-7(11)3-9(8)12/h1-3,5-6H,4H2. The maximum absolute atomic E-state index is 13.3. The van der Waals surface area contributed by atoms with Gasteiger partial charge in [-0.05, 0) is 17.7 Å². The fraction of sp³-hybridized carbons (Fsp3) is 0.222. The molecule has 4 heteroatoms. The summed E-state index contributed by atoms with van der Waals surface area (Å²) in [5.41, 5.74) is 0.426. The normalized spacial score (nSPS) is 12.5. The number of benzene rings is 1. The molecule has 0 aliphatic carbocycles. The quantitative estimate of drug-likeness (QED) is 0.619. The van der Waals surface area contributed by atoms with Crippen LogP contribution in [-0.2, 0) is 4.79 Å². The molecule has 1 nitrogen and oxygen atoms in total. The van der Waals surface area contributed by atoms with E-state index in [9.17, 15) is 9.18 Å². The predicted molar refractivity (Wildman–Crippen MR) is 56.7 cm³/mol. The number of hydrogen-bond donors (Lipinski definition) is 0. The molecule has 0 heterocycles. The fourth-order valence-electron chi connectivity index (χ4n) is 0.995. The van der Waals surface area contributed by atoms with E-state index >= 15 is 0 Å². The number of carbonyl (C=O) groups is 1. The number of rotatable bonds is 3. The van der Waals surface area contributed by atoms with E-state index < -0.39 is 5.92 Å². The predicted octanol–water partition coefficient (Wildman–Crippen LogP) is 3.27. The summed E-state index contributed by atoms with van der Waals surface area (Å²) in [6, 6.07) is 4.69. The molecule has 0 fully saturated rings. The van der Waals surface area contributed by atoms with Gasteiger partial charge in [0, 0.05) is 9.80 Å². The first kappa shape index (κ1) is 10.9. The van der Waals surface area contributed by atoms with E-state index in [4.69, 9.17) is 0 Å². The maximum Gasteiger partial charge on any atom is 0.128 e. The number of aldehydes is 1. The largest absolute Gasteiger partial charge is 0.303 e. The van der Waals surface area contributed by atoms with Crippen molar-refractivity contribution in [3.8, 4) is 0 Å². The third-order valence-electron chi connectivity index (χ3n) is 1.69. The van der Waals surface area contributed by atoms with Crippen LogP contribution in [-0.4, -0.2) is 11.6 Å². The van der Waals surface area contributed by atoms with Crippen molar-refractivity contribution >= 4 is 38.1 Å². The second-order valence-corrected chi connectivity index (χ2v) is 4.13. The summed E-state index contributed by atoms with van der Waals surface area (Å²) in [6.07, 6.45) is 0.737. The van der Waals surface area contributed by atoms with E-state index in [1.165, 1.54) is 6.07 Å². The van der Waals surface area contributed by atoms with Crippen LogP contribution in [0.15, 0.2) is 22.7 Å². The molecule has 0 bridgehead atoms. The first-order valence-electron chi connectivity index (χ1n) is 3.65. The van der Waals surface area contributed by atoms with Gasteiger partial charge in [0.15, 0.2) is 0 Å². The zero-order chi connectivity index (χ0) is 9.84. The van der Waals surface area contributed by atoms with E-state index in [-0.39, 0.29) is 5.82 Å². The molecule has 0 aliphatic rings. The van der Waals surface area contributed by atoms with E-state index in [1.807, 2.05) is 0 Å². The zero-order valence-electron chi connectivity index (χ0n) is 6.64. The fourth-order valence-corrected chi connectivity index (χ4v) is 1.83. The molecular formula is C9H7Br2FO. The van der Waals surface area contributed by atoms with Crippen LogP contribution in [0.25, 0.3) is 0 Å². The monoisotopic (exact) mass is 308 g/mol. The molecule has 0 radical (unpaired) electrons. The molecule has 0 N–H and O–H groups in total. The lowest BCUT2D eigenvalue weighted by atomic mass is 10.0. The summed E-state index contributed by atoms with van der Waals surface area (Å²) in [6.45, 7) is 0. The average Bonchev–Trinajstić information content (AvgIpc) is 2.10. The van der Waals surface area contributed by atoms with Gasteiger partial charge in [0.05, 0.1) is 5.92 Å². The van der Waals surface area contributed by atoms with Crippen molar-refractivity contribution in [3.63, 3.8) is 0 Å². The summed E-state index contributed by atoms with van der Waals surface area (Å²) >= 11 is 6.30. The molecule has 70 valence electrons. The topological polar surface area (TPSA) is 17.1 Å². The number of hydrogen-bond acceptors (Lipinski definition) is 1. The Balaban J connectivity index is 3.06. The highest BCUT2D eigenvalue weighted by molar-refractivity contribution is 9.10. The van der Waals surface area contributed by atoms with E-state index in [0.29, 0.717) is 15.4 Å². The van der Waals surface area contributed by atoms with Crippen LogP contribution in [0.1, 0.15) is 11.5 Å². The summed E-state index contributed by atoms with van der Waals surface area (Å²) in [5.74, 6) is -0.765. The van der Waals surface area contributed by atoms with Crippen molar-refractivity contribution in [1.29, 1.82) is 0 Å². The smallest absolute Gasteiger partial charge is 0.128 e. The van der Waals surface area contributed by atoms with Crippen LogP contribution >= 0.6 is 31.9 Å². The summed E-state index contributed by atoms with van der Waals surface area (Å²) in [5, 5.41) is 0.440. The minimum atomic E-state index is -0.409. The highest BCUT2D eigenvalue weighted by Crippen LogP contribution is 2.22. The van der Waals surface area contributed by atoms with Gasteiger partial charge in [0.1, 0.15) is 12.1 Å². The molecule has 1 atom stereocenters. The van der Waals surface area contributed by atoms with Crippen LogP contribution in [0.5, 0.6) is 0 Å². The summed E-state index contributed by atoms with van der Waals surface area (Å²) in [4.78, 5) is 10.6. The molecule has 0 spiro atoms. The Labute approximate surface area is 92.6 Å². The maximum atomic E-state index is 13.3. The Bertz CT molecular complexity index is 314. The van der Waals surface area contributed by atoms with Gasteiger partial charge in [-0.3, -0.25) is 0 Å². The molecule has 0 aromatic heterocycles. The molecular weight excluding hydrogens is 303 g/mol. The summed E-state index contributed by atoms with van der Waals surface area (Å²) in [7, 11) is 0. The van der Waals surface area contributed by atoms with Crippen LogP contribution in [0.3, 0.4) is 0 Å². The highest BCUT2D eigenvalue weighted by atomic mass is 79.9. The van der Waals surface area contributed by atoms with E-state index in [1.54, 1.807) is 12.1 Å². The Kier molecular flexibility index (Phi) is 4.06. The molecule has 13 heavy (non-hydrogen) atoms. The second-order valence-electron chi connectivity index (χ2n) is 2.56. The minimum Gasteiger partial charge on any atom is -0.303 e. The third-order valence-corrected chi connectivity index (χ3v) is 2.88. The van der Waals surface area contributed by atoms with Crippen LogP contribution in [0.4, 0.5) is 4.39 Å². The van der Waals surface area contributed by atoms with Gasteiger partial charge < -0.3 is 4.79 Å². The lowest BCUT2D eigenvalue weighted by Gasteiger charge is -2.07. The molecule has 0 saturated heterocycles. The number of alkyl halides is 1. The van der Waals surface area contributed by atoms with Gasteiger partial charge >= 0.3 is 0 Å². The van der Waals surface area contributed by atoms with Gasteiger partial charge in [-0.2, -0.15) is 0 Å². The Morgan fingerprint density at radius 2 is 2.23 bits per heavy atom. The molecule has 1 unspecified atom stereocenters. The molecule has 1 rings (SSSR count). The van der Waals surface area contributed by atoms with Crippen molar-refractivity contribution in [3.05, 3.63) is 34.1 Å². The van der Waals surface area contributed by atoms with Crippen LogP contribution in [0, 0.1) is 5.82 Å². The molecule has 0 saturated carbocycles. The van der Waals surface area contributed by atoms with Crippen molar-refractivity contribution in [1.82, 2.24) is 0 Å². The SMILES string of the molecule is O=CC(CBr)c1ccc(Br)cc1F. The summed E-state index contributed by atoms with van der Waals surface area (Å²) < 4.78 is 13.9. The van der Waals surface area contributed by atoms with Crippen molar-refractivity contribution in [2.45, 2.75) is 5.92 Å². The lowest BCUT2D eigenvalue weighted by Crippen LogP contribution is -2.04. The third kappa shape index (κ3) is 2.61. The van der Waals surface area contributed by atoms with Gasteiger partial charge in [0.25, 0.3) is 0 Å². The first-order valence-corrected chi connectivity index (χ1v) is 5.56. The molecule has 1 aromatic carbocycles. The molecule has 0 aliphatic heterocycles. The van der Waals surface area contributed by atoms with Gasteiger partial charge in [-0.15, -0.1) is 0 Å². The Morgan fingerprint density at radius 1 is 1.54 bits per heavy atom. The van der Waals surface area contributed by atoms with E-state index in [0.717, 1.165) is 6.29 Å². The second kappa shape index (κ2) is 4.86. The van der Waals surface area contributed by atoms with Crippen LogP contribution < -0.4 is 0 Å². The van der Waals surface area contributed by atoms with Gasteiger partial charge in [0.2, 0.25) is 0 Å². The van der Waals surface area contributed by atoms with Crippen LogP contribution in [0.2, 0.25) is 0 Å². The number of halogens is 3. The minimum absolute atomic E-state index is 0.356. The van der Waals surface area contributed by atoms with Gasteiger partial charge in [-0.1, -0.05) is 37.9 Å². The highest BCUT2D eigenvalue weighted by Gasteiger charge is 2.13. The Hall–Kier alpha value is -0.220. The average molecular weight is 310 g/mol. The van der Waals surface area contributed by atoms with Crippen molar-refractivity contribution < 1.29 is 9.18 Å². The number of carbonyl (C=O) groups excluding carboxylic acids is 1. The molecule has 0 amide bonds. The molecule has 1 aromatic rings. The Morgan fingerprint density at radius 3 is 2.69 bits per heavy atom. The van der Waals surface area contributed by atoms with Crippen molar-refractivity contribution in [2.75, 3.05) is 5.33 Å². The van der Waals surface area contributed by atoms with Gasteiger partial charge in [-0.25, -0.2) is 4.39 Å². The van der Waals surface area contributed by atoms with E-state index in [2.05, 4.69) is 31.9 Å². The van der Waals surface area contributed by atoms with Crippen molar-refractivity contribution in [2.24, 2.45) is 0 Å². The first-order chi connectivity index (χ1) is 6.19. The zero-order valence-corrected chi connectivity index (χ0v) is 9.81.